The number of nitrogens with zero attached hydrogens (tertiary/aromatic N) is 4. The molecule has 7 nitrogen and oxygen atoms in total. The van der Waals surface area contributed by atoms with Crippen molar-refractivity contribution in [2.45, 2.75) is 58.9 Å². The normalized spacial score (nSPS) is 21.1. The molecule has 1 amide bonds. The highest BCUT2D eigenvalue weighted by Gasteiger charge is 2.33. The number of rotatable bonds is 5. The van der Waals surface area contributed by atoms with Crippen molar-refractivity contribution in [1.82, 2.24) is 14.9 Å². The van der Waals surface area contributed by atoms with Crippen molar-refractivity contribution < 1.29 is 14.3 Å². The van der Waals surface area contributed by atoms with Crippen molar-refractivity contribution in [3.63, 3.8) is 0 Å². The van der Waals surface area contributed by atoms with Gasteiger partial charge in [-0.1, -0.05) is 23.8 Å². The van der Waals surface area contributed by atoms with E-state index >= 15 is 0 Å². The van der Waals surface area contributed by atoms with Gasteiger partial charge in [0.25, 0.3) is 5.91 Å². The van der Waals surface area contributed by atoms with Crippen LogP contribution in [0.4, 0.5) is 5.82 Å². The summed E-state index contributed by atoms with van der Waals surface area (Å²) in [6.07, 6.45) is 6.55. The molecule has 4 rings (SSSR count). The SMILES string of the molecule is CCOC(=O)[C@H]1CCCN(C(=O)c2cnc(-c3cccc(C)c3)nc2N2CCCC[C@H]2C)C1. The molecule has 176 valence electrons. The van der Waals surface area contributed by atoms with Crippen LogP contribution in [0.25, 0.3) is 11.4 Å². The third-order valence-corrected chi connectivity index (χ3v) is 6.68. The van der Waals surface area contributed by atoms with Crippen LogP contribution in [-0.4, -0.2) is 59.0 Å². The van der Waals surface area contributed by atoms with Crippen molar-refractivity contribution in [1.29, 1.82) is 0 Å². The lowest BCUT2D eigenvalue weighted by Gasteiger charge is -2.37. The van der Waals surface area contributed by atoms with E-state index < -0.39 is 0 Å². The van der Waals surface area contributed by atoms with Gasteiger partial charge < -0.3 is 14.5 Å². The Morgan fingerprint density at radius 2 is 2.00 bits per heavy atom. The van der Waals surface area contributed by atoms with Gasteiger partial charge in [0.05, 0.1) is 12.5 Å². The van der Waals surface area contributed by atoms with Crippen molar-refractivity contribution in [2.24, 2.45) is 5.92 Å². The van der Waals surface area contributed by atoms with E-state index in [-0.39, 0.29) is 17.8 Å². The number of ether oxygens (including phenoxy) is 1. The number of carbonyl (C=O) groups excluding carboxylic acids is 2. The standard InChI is InChI=1S/C26H34N4O3/c1-4-33-26(32)21-12-8-13-29(17-21)25(31)22-16-27-23(20-11-7-9-18(2)15-20)28-24(22)30-14-6-5-10-19(30)3/h7,9,11,15-16,19,21H,4-6,8,10,12-14,17H2,1-3H3/t19-,21+/m1/s1. The highest BCUT2D eigenvalue weighted by molar-refractivity contribution is 5.99. The first-order valence-corrected chi connectivity index (χ1v) is 12.1. The Kier molecular flexibility index (Phi) is 7.26. The third-order valence-electron chi connectivity index (χ3n) is 6.68. The average molecular weight is 451 g/mol. The first-order chi connectivity index (χ1) is 16.0. The second kappa shape index (κ2) is 10.3. The average Bonchev–Trinajstić information content (AvgIpc) is 2.84. The van der Waals surface area contributed by atoms with Crippen LogP contribution in [0.15, 0.2) is 30.5 Å². The highest BCUT2D eigenvalue weighted by atomic mass is 16.5. The quantitative estimate of drug-likeness (QED) is 0.634. The molecule has 2 saturated heterocycles. The molecular weight excluding hydrogens is 416 g/mol. The lowest BCUT2D eigenvalue weighted by atomic mass is 9.97. The fourth-order valence-electron chi connectivity index (χ4n) is 4.86. The van der Waals surface area contributed by atoms with Gasteiger partial charge in [0, 0.05) is 37.4 Å². The molecule has 1 aromatic carbocycles. The summed E-state index contributed by atoms with van der Waals surface area (Å²) >= 11 is 0. The molecule has 0 aliphatic carbocycles. The largest absolute Gasteiger partial charge is 0.466 e. The minimum atomic E-state index is -0.271. The Morgan fingerprint density at radius 1 is 1.15 bits per heavy atom. The summed E-state index contributed by atoms with van der Waals surface area (Å²) in [6, 6.07) is 8.42. The van der Waals surface area contributed by atoms with Gasteiger partial charge in [-0.15, -0.1) is 0 Å². The summed E-state index contributed by atoms with van der Waals surface area (Å²) in [6.45, 7) is 8.29. The maximum Gasteiger partial charge on any atom is 0.310 e. The smallest absolute Gasteiger partial charge is 0.310 e. The number of carbonyl (C=O) groups is 2. The van der Waals surface area contributed by atoms with Crippen molar-refractivity contribution >= 4 is 17.7 Å². The molecule has 3 heterocycles. The number of esters is 1. The summed E-state index contributed by atoms with van der Waals surface area (Å²) in [4.78, 5) is 39.5. The molecule has 0 spiro atoms. The Bertz CT molecular complexity index is 1010. The molecule has 0 saturated carbocycles. The molecule has 0 radical (unpaired) electrons. The van der Waals surface area contributed by atoms with Gasteiger partial charge in [0.2, 0.25) is 0 Å². The Hall–Kier alpha value is -2.96. The summed E-state index contributed by atoms with van der Waals surface area (Å²) < 4.78 is 5.21. The summed E-state index contributed by atoms with van der Waals surface area (Å²) in [5.74, 6) is 0.744. The predicted molar refractivity (Wildman–Crippen MR) is 128 cm³/mol. The maximum atomic E-state index is 13.7. The lowest BCUT2D eigenvalue weighted by Crippen LogP contribution is -2.44. The van der Waals surface area contributed by atoms with Gasteiger partial charge in [0.15, 0.2) is 5.82 Å². The molecule has 0 unspecified atom stereocenters. The zero-order chi connectivity index (χ0) is 23.4. The van der Waals surface area contributed by atoms with Crippen LogP contribution in [-0.2, 0) is 9.53 Å². The van der Waals surface area contributed by atoms with Crippen LogP contribution >= 0.6 is 0 Å². The number of aryl methyl sites for hydroxylation is 1. The van der Waals surface area contributed by atoms with Crippen LogP contribution < -0.4 is 4.90 Å². The van der Waals surface area contributed by atoms with Gasteiger partial charge in [0.1, 0.15) is 11.4 Å². The van der Waals surface area contributed by atoms with Gasteiger partial charge in [-0.2, -0.15) is 0 Å². The van der Waals surface area contributed by atoms with Crippen molar-refractivity contribution in [3.05, 3.63) is 41.6 Å². The van der Waals surface area contributed by atoms with Gasteiger partial charge in [-0.25, -0.2) is 9.97 Å². The molecule has 1 aromatic heterocycles. The van der Waals surface area contributed by atoms with Crippen LogP contribution in [0.5, 0.6) is 0 Å². The van der Waals surface area contributed by atoms with Crippen LogP contribution in [0.3, 0.4) is 0 Å². The predicted octanol–water partition coefficient (Wildman–Crippen LogP) is 4.25. The molecule has 2 aliphatic rings. The number of hydrogen-bond donors (Lipinski definition) is 0. The zero-order valence-corrected chi connectivity index (χ0v) is 19.9. The van der Waals surface area contributed by atoms with Crippen molar-refractivity contribution in [3.8, 4) is 11.4 Å². The number of benzene rings is 1. The number of anilines is 1. The number of amides is 1. The van der Waals surface area contributed by atoms with E-state index in [0.717, 1.165) is 43.4 Å². The van der Waals surface area contributed by atoms with E-state index in [1.165, 1.54) is 6.42 Å². The van der Waals surface area contributed by atoms with E-state index in [1.807, 2.05) is 32.0 Å². The Balaban J connectivity index is 1.67. The molecule has 33 heavy (non-hydrogen) atoms. The minimum absolute atomic E-state index is 0.104. The molecule has 2 aromatic rings. The van der Waals surface area contributed by atoms with Crippen LogP contribution in [0.2, 0.25) is 0 Å². The van der Waals surface area contributed by atoms with E-state index in [1.54, 1.807) is 11.1 Å². The second-order valence-electron chi connectivity index (χ2n) is 9.18. The molecule has 0 N–H and O–H groups in total. The van der Waals surface area contributed by atoms with Crippen LogP contribution in [0.1, 0.15) is 61.9 Å². The first-order valence-electron chi connectivity index (χ1n) is 12.1. The number of likely N-dealkylation sites (tertiary alicyclic amines) is 1. The second-order valence-corrected chi connectivity index (χ2v) is 9.18. The monoisotopic (exact) mass is 450 g/mol. The number of piperidine rings is 2. The minimum Gasteiger partial charge on any atom is -0.466 e. The van der Waals surface area contributed by atoms with Gasteiger partial charge in [-0.3, -0.25) is 9.59 Å². The molecule has 2 atom stereocenters. The summed E-state index contributed by atoms with van der Waals surface area (Å²) in [7, 11) is 0. The fourth-order valence-corrected chi connectivity index (χ4v) is 4.86. The number of aromatic nitrogens is 2. The third kappa shape index (κ3) is 5.18. The maximum absolute atomic E-state index is 13.7. The topological polar surface area (TPSA) is 75.6 Å². The summed E-state index contributed by atoms with van der Waals surface area (Å²) in [5, 5.41) is 0. The number of hydrogen-bond acceptors (Lipinski definition) is 6. The Labute approximate surface area is 196 Å². The molecular formula is C26H34N4O3. The zero-order valence-electron chi connectivity index (χ0n) is 19.9. The van der Waals surface area contributed by atoms with Gasteiger partial charge in [-0.05, 0) is 58.9 Å². The molecule has 2 fully saturated rings. The molecule has 0 bridgehead atoms. The van der Waals surface area contributed by atoms with E-state index in [2.05, 4.69) is 22.9 Å². The molecule has 7 heteroatoms. The van der Waals surface area contributed by atoms with Crippen molar-refractivity contribution in [2.75, 3.05) is 31.1 Å². The van der Waals surface area contributed by atoms with Gasteiger partial charge >= 0.3 is 5.97 Å². The molecule has 2 aliphatic heterocycles. The lowest BCUT2D eigenvalue weighted by molar-refractivity contribution is -0.149. The Morgan fingerprint density at radius 3 is 2.76 bits per heavy atom. The first kappa shape index (κ1) is 23.2. The van der Waals surface area contributed by atoms with Crippen LogP contribution in [0, 0.1) is 12.8 Å². The fraction of sp³-hybridized carbons (Fsp3) is 0.538. The summed E-state index contributed by atoms with van der Waals surface area (Å²) in [5.41, 5.74) is 2.60. The highest BCUT2D eigenvalue weighted by Crippen LogP contribution is 2.30. The van der Waals surface area contributed by atoms with E-state index in [0.29, 0.717) is 42.9 Å². The van der Waals surface area contributed by atoms with E-state index in [4.69, 9.17) is 9.72 Å². The van der Waals surface area contributed by atoms with E-state index in [9.17, 15) is 9.59 Å².